The molecule has 1 N–H and O–H groups in total. The summed E-state index contributed by atoms with van der Waals surface area (Å²) in [6, 6.07) is 8.03. The standard InChI is InChI=1S/C12H18ClNO2/c1-9(14-8-12(15-2)16-3)10-4-6-11(13)7-5-10/h4-7,9,12,14H,8H2,1-3H3. The number of benzene rings is 1. The summed E-state index contributed by atoms with van der Waals surface area (Å²) in [5, 5.41) is 4.08. The molecule has 90 valence electrons. The lowest BCUT2D eigenvalue weighted by Crippen LogP contribution is -2.31. The maximum absolute atomic E-state index is 5.83. The molecule has 0 bridgehead atoms. The average molecular weight is 244 g/mol. The van der Waals surface area contributed by atoms with Crippen LogP contribution in [0.3, 0.4) is 0 Å². The molecule has 0 aliphatic rings. The topological polar surface area (TPSA) is 30.5 Å². The Bertz CT molecular complexity index is 298. The van der Waals surface area contributed by atoms with E-state index >= 15 is 0 Å². The van der Waals surface area contributed by atoms with E-state index in [-0.39, 0.29) is 12.3 Å². The maximum atomic E-state index is 5.83. The van der Waals surface area contributed by atoms with Crippen molar-refractivity contribution in [3.63, 3.8) is 0 Å². The Labute approximate surface area is 102 Å². The highest BCUT2D eigenvalue weighted by Gasteiger charge is 2.09. The Morgan fingerprint density at radius 1 is 1.19 bits per heavy atom. The van der Waals surface area contributed by atoms with Crippen molar-refractivity contribution < 1.29 is 9.47 Å². The lowest BCUT2D eigenvalue weighted by atomic mass is 10.1. The number of nitrogens with one attached hydrogen (secondary N) is 1. The van der Waals surface area contributed by atoms with Crippen LogP contribution < -0.4 is 5.32 Å². The molecule has 0 aliphatic heterocycles. The van der Waals surface area contributed by atoms with Crippen molar-refractivity contribution >= 4 is 11.6 Å². The van der Waals surface area contributed by atoms with Crippen LogP contribution in [0.15, 0.2) is 24.3 Å². The number of methoxy groups -OCH3 is 2. The van der Waals surface area contributed by atoms with Gasteiger partial charge in [-0.25, -0.2) is 0 Å². The van der Waals surface area contributed by atoms with Gasteiger partial charge in [0.1, 0.15) is 0 Å². The van der Waals surface area contributed by atoms with Crippen molar-refractivity contribution in [3.8, 4) is 0 Å². The first-order valence-electron chi connectivity index (χ1n) is 5.21. The van der Waals surface area contributed by atoms with Crippen molar-refractivity contribution in [1.29, 1.82) is 0 Å². The summed E-state index contributed by atoms with van der Waals surface area (Å²) in [5.41, 5.74) is 1.19. The molecule has 16 heavy (non-hydrogen) atoms. The second-order valence-electron chi connectivity index (χ2n) is 3.58. The van der Waals surface area contributed by atoms with Gasteiger partial charge < -0.3 is 14.8 Å². The Morgan fingerprint density at radius 2 is 1.75 bits per heavy atom. The van der Waals surface area contributed by atoms with Gasteiger partial charge in [-0.3, -0.25) is 0 Å². The zero-order valence-electron chi connectivity index (χ0n) is 9.87. The molecule has 1 aromatic carbocycles. The molecule has 0 spiro atoms. The molecule has 0 amide bonds. The molecule has 0 fully saturated rings. The molecular formula is C12H18ClNO2. The fraction of sp³-hybridized carbons (Fsp3) is 0.500. The minimum absolute atomic E-state index is 0.213. The Kier molecular flexibility index (Phi) is 5.77. The van der Waals surface area contributed by atoms with Gasteiger partial charge in [0.15, 0.2) is 6.29 Å². The van der Waals surface area contributed by atoms with Crippen LogP contribution in [0.2, 0.25) is 5.02 Å². The average Bonchev–Trinajstić information content (AvgIpc) is 2.31. The largest absolute Gasteiger partial charge is 0.355 e. The highest BCUT2D eigenvalue weighted by Crippen LogP contribution is 2.15. The Balaban J connectivity index is 2.46. The smallest absolute Gasteiger partial charge is 0.169 e. The van der Waals surface area contributed by atoms with E-state index in [1.165, 1.54) is 5.56 Å². The van der Waals surface area contributed by atoms with Crippen LogP contribution in [0.1, 0.15) is 18.5 Å². The first kappa shape index (κ1) is 13.5. The highest BCUT2D eigenvalue weighted by molar-refractivity contribution is 6.30. The van der Waals surface area contributed by atoms with Gasteiger partial charge in [-0.1, -0.05) is 23.7 Å². The van der Waals surface area contributed by atoms with Crippen LogP contribution in [0.5, 0.6) is 0 Å². The SMILES string of the molecule is COC(CNC(C)c1ccc(Cl)cc1)OC. The molecule has 3 nitrogen and oxygen atoms in total. The van der Waals surface area contributed by atoms with E-state index in [0.717, 1.165) is 5.02 Å². The molecule has 0 saturated heterocycles. The minimum Gasteiger partial charge on any atom is -0.355 e. The van der Waals surface area contributed by atoms with Crippen LogP contribution in [0.25, 0.3) is 0 Å². The molecular weight excluding hydrogens is 226 g/mol. The van der Waals surface area contributed by atoms with Crippen molar-refractivity contribution in [2.75, 3.05) is 20.8 Å². The second-order valence-corrected chi connectivity index (χ2v) is 4.02. The maximum Gasteiger partial charge on any atom is 0.169 e. The predicted octanol–water partition coefficient (Wildman–Crippen LogP) is 2.61. The second kappa shape index (κ2) is 6.86. The zero-order chi connectivity index (χ0) is 12.0. The number of hydrogen-bond acceptors (Lipinski definition) is 3. The fourth-order valence-corrected chi connectivity index (χ4v) is 1.53. The van der Waals surface area contributed by atoms with E-state index in [9.17, 15) is 0 Å². The predicted molar refractivity (Wildman–Crippen MR) is 65.7 cm³/mol. The van der Waals surface area contributed by atoms with Crippen LogP contribution in [-0.4, -0.2) is 27.1 Å². The number of rotatable bonds is 6. The van der Waals surface area contributed by atoms with E-state index in [1.54, 1.807) is 14.2 Å². The summed E-state index contributed by atoms with van der Waals surface area (Å²) in [6.45, 7) is 2.74. The normalized spacial score (nSPS) is 13.1. The molecule has 1 unspecified atom stereocenters. The van der Waals surface area contributed by atoms with E-state index in [2.05, 4.69) is 12.2 Å². The lowest BCUT2D eigenvalue weighted by Gasteiger charge is -2.18. The zero-order valence-corrected chi connectivity index (χ0v) is 10.6. The van der Waals surface area contributed by atoms with Gasteiger partial charge in [0, 0.05) is 31.8 Å². The molecule has 4 heteroatoms. The third kappa shape index (κ3) is 4.10. The third-order valence-corrected chi connectivity index (χ3v) is 2.74. The van der Waals surface area contributed by atoms with Gasteiger partial charge in [-0.2, -0.15) is 0 Å². The van der Waals surface area contributed by atoms with Crippen LogP contribution in [-0.2, 0) is 9.47 Å². The molecule has 0 aromatic heterocycles. The van der Waals surface area contributed by atoms with Gasteiger partial charge in [0.25, 0.3) is 0 Å². The number of halogens is 1. The molecule has 0 radical (unpaired) electrons. The van der Waals surface area contributed by atoms with Gasteiger partial charge in [0.05, 0.1) is 0 Å². The van der Waals surface area contributed by atoms with E-state index in [1.807, 2.05) is 24.3 Å². The van der Waals surface area contributed by atoms with Crippen LogP contribution in [0.4, 0.5) is 0 Å². The molecule has 1 rings (SSSR count). The summed E-state index contributed by atoms with van der Waals surface area (Å²) in [6.07, 6.45) is -0.213. The molecule has 0 heterocycles. The highest BCUT2D eigenvalue weighted by atomic mass is 35.5. The van der Waals surface area contributed by atoms with Crippen LogP contribution in [0, 0.1) is 0 Å². The molecule has 0 aliphatic carbocycles. The molecule has 1 aromatic rings. The Hall–Kier alpha value is -0.610. The van der Waals surface area contributed by atoms with E-state index in [0.29, 0.717) is 6.54 Å². The van der Waals surface area contributed by atoms with Gasteiger partial charge in [0.2, 0.25) is 0 Å². The lowest BCUT2D eigenvalue weighted by molar-refractivity contribution is -0.0997. The number of hydrogen-bond donors (Lipinski definition) is 1. The minimum atomic E-state index is -0.213. The summed E-state index contributed by atoms with van der Waals surface area (Å²) in [7, 11) is 3.26. The number of ether oxygens (including phenoxy) is 2. The summed E-state index contributed by atoms with van der Waals surface area (Å²) in [4.78, 5) is 0. The quantitative estimate of drug-likeness (QED) is 0.780. The molecule has 1 atom stereocenters. The fourth-order valence-electron chi connectivity index (χ4n) is 1.41. The first-order valence-corrected chi connectivity index (χ1v) is 5.59. The van der Waals surface area contributed by atoms with Gasteiger partial charge >= 0.3 is 0 Å². The molecule has 0 saturated carbocycles. The van der Waals surface area contributed by atoms with Crippen molar-refractivity contribution in [3.05, 3.63) is 34.9 Å². The summed E-state index contributed by atoms with van der Waals surface area (Å²) >= 11 is 5.83. The van der Waals surface area contributed by atoms with Gasteiger partial charge in [-0.15, -0.1) is 0 Å². The van der Waals surface area contributed by atoms with Crippen LogP contribution >= 0.6 is 11.6 Å². The van der Waals surface area contributed by atoms with E-state index < -0.39 is 0 Å². The Morgan fingerprint density at radius 3 is 2.25 bits per heavy atom. The van der Waals surface area contributed by atoms with Crippen molar-refractivity contribution in [2.24, 2.45) is 0 Å². The van der Waals surface area contributed by atoms with Crippen molar-refractivity contribution in [2.45, 2.75) is 19.3 Å². The van der Waals surface area contributed by atoms with E-state index in [4.69, 9.17) is 21.1 Å². The third-order valence-electron chi connectivity index (χ3n) is 2.49. The summed E-state index contributed by atoms with van der Waals surface area (Å²) < 4.78 is 10.2. The van der Waals surface area contributed by atoms with Crippen molar-refractivity contribution in [1.82, 2.24) is 5.32 Å². The summed E-state index contributed by atoms with van der Waals surface area (Å²) in [5.74, 6) is 0. The van der Waals surface area contributed by atoms with Gasteiger partial charge in [-0.05, 0) is 24.6 Å². The first-order chi connectivity index (χ1) is 7.67. The monoisotopic (exact) mass is 243 g/mol.